The Balaban J connectivity index is 2.04. The molecule has 13 heavy (non-hydrogen) atoms. The minimum atomic E-state index is -0.00704. The highest BCUT2D eigenvalue weighted by atomic mass is 32.1. The maximum atomic E-state index is 5.94. The summed E-state index contributed by atoms with van der Waals surface area (Å²) in [5.74, 6) is 0. The van der Waals surface area contributed by atoms with E-state index in [-0.39, 0.29) is 6.04 Å². The highest BCUT2D eigenvalue weighted by molar-refractivity contribution is 7.05. The summed E-state index contributed by atoms with van der Waals surface area (Å²) in [6.07, 6.45) is 5.42. The van der Waals surface area contributed by atoms with Crippen molar-refractivity contribution in [2.75, 3.05) is 0 Å². The molecular formula is C8H10N4S. The molecule has 0 radical (unpaired) electrons. The second-order valence-corrected chi connectivity index (χ2v) is 3.61. The summed E-state index contributed by atoms with van der Waals surface area (Å²) in [4.78, 5) is 1.09. The van der Waals surface area contributed by atoms with Gasteiger partial charge in [-0.2, -0.15) is 5.10 Å². The number of rotatable bonds is 3. The van der Waals surface area contributed by atoms with Crippen molar-refractivity contribution in [3.8, 4) is 0 Å². The molecule has 0 spiro atoms. The van der Waals surface area contributed by atoms with E-state index in [4.69, 9.17) is 5.73 Å². The van der Waals surface area contributed by atoms with E-state index in [0.29, 0.717) is 6.54 Å². The van der Waals surface area contributed by atoms with Crippen molar-refractivity contribution >= 4 is 11.5 Å². The molecule has 2 rings (SSSR count). The van der Waals surface area contributed by atoms with Gasteiger partial charge >= 0.3 is 0 Å². The van der Waals surface area contributed by atoms with Gasteiger partial charge in [-0.1, -0.05) is 0 Å². The number of nitrogens with zero attached hydrogens (tertiary/aromatic N) is 3. The minimum absolute atomic E-state index is 0.00704. The van der Waals surface area contributed by atoms with E-state index in [1.54, 1.807) is 12.4 Å². The maximum absolute atomic E-state index is 5.94. The lowest BCUT2D eigenvalue weighted by Crippen LogP contribution is -2.16. The van der Waals surface area contributed by atoms with E-state index in [2.05, 4.69) is 9.47 Å². The van der Waals surface area contributed by atoms with Gasteiger partial charge in [-0.3, -0.25) is 4.68 Å². The molecule has 0 aliphatic heterocycles. The normalized spacial score (nSPS) is 13.0. The van der Waals surface area contributed by atoms with Crippen molar-refractivity contribution in [3.63, 3.8) is 0 Å². The smallest absolute Gasteiger partial charge is 0.0610 e. The van der Waals surface area contributed by atoms with E-state index in [9.17, 15) is 0 Å². The third-order valence-corrected chi connectivity index (χ3v) is 2.64. The zero-order valence-electron chi connectivity index (χ0n) is 7.00. The molecule has 0 bridgehead atoms. The van der Waals surface area contributed by atoms with Gasteiger partial charge in [0.2, 0.25) is 0 Å². The van der Waals surface area contributed by atoms with Crippen LogP contribution >= 0.6 is 11.5 Å². The summed E-state index contributed by atoms with van der Waals surface area (Å²) in [5.41, 5.74) is 5.94. The first kappa shape index (κ1) is 8.40. The maximum Gasteiger partial charge on any atom is 0.0610 e. The molecular weight excluding hydrogens is 184 g/mol. The monoisotopic (exact) mass is 194 g/mol. The molecule has 0 fully saturated rings. The average Bonchev–Trinajstić information content (AvgIpc) is 2.74. The van der Waals surface area contributed by atoms with Gasteiger partial charge in [0, 0.05) is 23.5 Å². The SMILES string of the molecule is NC(Cn1cccn1)c1ccns1. The van der Waals surface area contributed by atoms with Gasteiger partial charge in [0.15, 0.2) is 0 Å². The second-order valence-electron chi connectivity index (χ2n) is 2.75. The topological polar surface area (TPSA) is 56.7 Å². The van der Waals surface area contributed by atoms with E-state index in [1.165, 1.54) is 11.5 Å². The molecule has 0 aliphatic carbocycles. The van der Waals surface area contributed by atoms with Crippen molar-refractivity contribution in [2.24, 2.45) is 5.73 Å². The summed E-state index contributed by atoms with van der Waals surface area (Å²) in [5, 5.41) is 4.09. The van der Waals surface area contributed by atoms with Crippen molar-refractivity contribution in [3.05, 3.63) is 35.6 Å². The summed E-state index contributed by atoms with van der Waals surface area (Å²) in [7, 11) is 0. The third kappa shape index (κ3) is 1.93. The molecule has 1 unspecified atom stereocenters. The summed E-state index contributed by atoms with van der Waals surface area (Å²) >= 11 is 1.44. The van der Waals surface area contributed by atoms with Crippen LogP contribution in [0.5, 0.6) is 0 Å². The van der Waals surface area contributed by atoms with Crippen molar-refractivity contribution < 1.29 is 0 Å². The molecule has 2 aromatic rings. The molecule has 0 amide bonds. The molecule has 0 aromatic carbocycles. The fraction of sp³-hybridized carbons (Fsp3) is 0.250. The number of nitrogens with two attached hydrogens (primary N) is 1. The first-order valence-corrected chi connectivity index (χ1v) is 4.77. The van der Waals surface area contributed by atoms with E-state index < -0.39 is 0 Å². The standard InChI is InChI=1S/C8H10N4S/c9-7(8-2-4-11-13-8)6-12-5-1-3-10-12/h1-5,7H,6,9H2. The molecule has 0 saturated carbocycles. The fourth-order valence-electron chi connectivity index (χ4n) is 1.12. The quantitative estimate of drug-likeness (QED) is 0.794. The van der Waals surface area contributed by atoms with Gasteiger partial charge in [0.05, 0.1) is 12.6 Å². The number of hydrogen-bond acceptors (Lipinski definition) is 4. The predicted molar refractivity (Wildman–Crippen MR) is 51.3 cm³/mol. The Bertz CT molecular complexity index is 340. The van der Waals surface area contributed by atoms with Crippen LogP contribution in [-0.4, -0.2) is 14.2 Å². The van der Waals surface area contributed by atoms with Crippen LogP contribution in [0.25, 0.3) is 0 Å². The Kier molecular flexibility index (Phi) is 2.37. The first-order chi connectivity index (χ1) is 6.36. The van der Waals surface area contributed by atoms with Gasteiger partial charge in [0.25, 0.3) is 0 Å². The Morgan fingerprint density at radius 3 is 3.08 bits per heavy atom. The fourth-order valence-corrected chi connectivity index (χ4v) is 1.69. The van der Waals surface area contributed by atoms with E-state index in [1.807, 2.05) is 23.0 Å². The highest BCUT2D eigenvalue weighted by Crippen LogP contribution is 2.15. The van der Waals surface area contributed by atoms with E-state index in [0.717, 1.165) is 4.88 Å². The minimum Gasteiger partial charge on any atom is -0.322 e. The number of aromatic nitrogens is 3. The van der Waals surface area contributed by atoms with Crippen LogP contribution in [0.2, 0.25) is 0 Å². The Hall–Kier alpha value is -1.20. The van der Waals surface area contributed by atoms with Crippen LogP contribution in [0.3, 0.4) is 0 Å². The lowest BCUT2D eigenvalue weighted by molar-refractivity contribution is 0.533. The zero-order valence-corrected chi connectivity index (χ0v) is 7.81. The molecule has 0 saturated heterocycles. The Morgan fingerprint density at radius 1 is 1.54 bits per heavy atom. The van der Waals surface area contributed by atoms with Crippen molar-refractivity contribution in [1.82, 2.24) is 14.2 Å². The molecule has 68 valence electrons. The highest BCUT2D eigenvalue weighted by Gasteiger charge is 2.07. The van der Waals surface area contributed by atoms with Gasteiger partial charge in [-0.25, -0.2) is 4.37 Å². The van der Waals surface area contributed by atoms with Crippen LogP contribution in [0.15, 0.2) is 30.7 Å². The van der Waals surface area contributed by atoms with Crippen LogP contribution in [0.4, 0.5) is 0 Å². The van der Waals surface area contributed by atoms with Crippen LogP contribution in [-0.2, 0) is 6.54 Å². The zero-order chi connectivity index (χ0) is 9.10. The van der Waals surface area contributed by atoms with Gasteiger partial charge in [-0.05, 0) is 23.7 Å². The molecule has 4 nitrogen and oxygen atoms in total. The van der Waals surface area contributed by atoms with Crippen molar-refractivity contribution in [1.29, 1.82) is 0 Å². The van der Waals surface area contributed by atoms with Crippen LogP contribution in [0, 0.1) is 0 Å². The molecule has 5 heteroatoms. The molecule has 2 heterocycles. The van der Waals surface area contributed by atoms with E-state index >= 15 is 0 Å². The third-order valence-electron chi connectivity index (χ3n) is 1.77. The summed E-state index contributed by atoms with van der Waals surface area (Å²) < 4.78 is 5.83. The molecule has 2 N–H and O–H groups in total. The lowest BCUT2D eigenvalue weighted by atomic mass is 10.2. The molecule has 2 aromatic heterocycles. The average molecular weight is 194 g/mol. The Labute approximate surface area is 80.2 Å². The van der Waals surface area contributed by atoms with Gasteiger partial charge < -0.3 is 5.73 Å². The lowest BCUT2D eigenvalue weighted by Gasteiger charge is -2.08. The second kappa shape index (κ2) is 3.68. The molecule has 1 atom stereocenters. The Morgan fingerprint density at radius 2 is 2.46 bits per heavy atom. The van der Waals surface area contributed by atoms with Crippen LogP contribution in [0.1, 0.15) is 10.9 Å². The largest absolute Gasteiger partial charge is 0.322 e. The summed E-state index contributed by atoms with van der Waals surface area (Å²) in [6, 6.07) is 3.82. The number of hydrogen-bond donors (Lipinski definition) is 1. The summed E-state index contributed by atoms with van der Waals surface area (Å²) in [6.45, 7) is 0.704. The van der Waals surface area contributed by atoms with Gasteiger partial charge in [0.1, 0.15) is 0 Å². The predicted octanol–water partition coefficient (Wildman–Crippen LogP) is 1.04. The van der Waals surface area contributed by atoms with Crippen molar-refractivity contribution in [2.45, 2.75) is 12.6 Å². The van der Waals surface area contributed by atoms with Gasteiger partial charge in [-0.15, -0.1) is 0 Å². The molecule has 0 aliphatic rings. The first-order valence-electron chi connectivity index (χ1n) is 4.00. The van der Waals surface area contributed by atoms with Crippen LogP contribution < -0.4 is 5.73 Å².